The van der Waals surface area contributed by atoms with Gasteiger partial charge in [0.2, 0.25) is 10.0 Å². The molecule has 1 unspecified atom stereocenters. The molecular formula is C14H23ClN2O2S2. The zero-order valence-corrected chi connectivity index (χ0v) is 15.0. The molecule has 1 spiro atoms. The van der Waals surface area contributed by atoms with E-state index in [2.05, 4.69) is 5.32 Å². The molecule has 21 heavy (non-hydrogen) atoms. The van der Waals surface area contributed by atoms with E-state index < -0.39 is 10.0 Å². The third-order valence-corrected chi connectivity index (χ3v) is 7.64. The molecule has 3 heterocycles. The van der Waals surface area contributed by atoms with Crippen LogP contribution in [0.3, 0.4) is 0 Å². The highest BCUT2D eigenvalue weighted by Crippen LogP contribution is 2.38. The molecule has 0 radical (unpaired) electrons. The van der Waals surface area contributed by atoms with Gasteiger partial charge in [0, 0.05) is 29.4 Å². The van der Waals surface area contributed by atoms with Gasteiger partial charge in [-0.2, -0.15) is 4.31 Å². The van der Waals surface area contributed by atoms with Crippen molar-refractivity contribution < 1.29 is 8.42 Å². The van der Waals surface area contributed by atoms with Crippen molar-refractivity contribution in [2.45, 2.75) is 38.0 Å². The van der Waals surface area contributed by atoms with E-state index in [1.807, 2.05) is 19.9 Å². The number of aryl methyl sites for hydroxylation is 2. The highest BCUT2D eigenvalue weighted by atomic mass is 35.5. The van der Waals surface area contributed by atoms with Crippen molar-refractivity contribution in [1.29, 1.82) is 0 Å². The number of hydrogen-bond donors (Lipinski definition) is 1. The molecule has 1 aromatic heterocycles. The summed E-state index contributed by atoms with van der Waals surface area (Å²) in [5.74, 6) is 0. The summed E-state index contributed by atoms with van der Waals surface area (Å²) in [5.41, 5.74) is 0.171. The van der Waals surface area contributed by atoms with Crippen molar-refractivity contribution in [2.75, 3.05) is 26.2 Å². The van der Waals surface area contributed by atoms with E-state index in [4.69, 9.17) is 0 Å². The van der Waals surface area contributed by atoms with Crippen molar-refractivity contribution in [2.24, 2.45) is 5.41 Å². The van der Waals surface area contributed by atoms with Crippen LogP contribution in [0, 0.1) is 19.3 Å². The number of nitrogens with one attached hydrogen (secondary N) is 1. The lowest BCUT2D eigenvalue weighted by molar-refractivity contribution is 0.166. The van der Waals surface area contributed by atoms with Gasteiger partial charge in [-0.3, -0.25) is 0 Å². The highest BCUT2D eigenvalue weighted by molar-refractivity contribution is 7.89. The fraction of sp³-hybridized carbons (Fsp3) is 0.714. The fourth-order valence-electron chi connectivity index (χ4n) is 3.51. The lowest BCUT2D eigenvalue weighted by Crippen LogP contribution is -2.47. The monoisotopic (exact) mass is 350 g/mol. The van der Waals surface area contributed by atoms with Crippen LogP contribution >= 0.6 is 23.7 Å². The Hall–Kier alpha value is -0.140. The quantitative estimate of drug-likeness (QED) is 0.891. The maximum Gasteiger partial charge on any atom is 0.244 e. The van der Waals surface area contributed by atoms with Crippen molar-refractivity contribution in [3.8, 4) is 0 Å². The number of sulfonamides is 1. The number of nitrogens with zero attached hydrogens (tertiary/aromatic N) is 1. The first-order valence-corrected chi connectivity index (χ1v) is 9.47. The lowest BCUT2D eigenvalue weighted by atomic mass is 9.80. The van der Waals surface area contributed by atoms with Crippen LogP contribution in [-0.4, -0.2) is 38.9 Å². The second kappa shape index (κ2) is 6.16. The normalized spacial score (nSPS) is 27.0. The minimum Gasteiger partial charge on any atom is -0.316 e. The minimum absolute atomic E-state index is 0. The Kier molecular flexibility index (Phi) is 5.05. The summed E-state index contributed by atoms with van der Waals surface area (Å²) in [6, 6.07) is 1.82. The molecule has 1 aromatic rings. The molecule has 1 atom stereocenters. The molecule has 0 saturated carbocycles. The van der Waals surface area contributed by atoms with Gasteiger partial charge in [0.25, 0.3) is 0 Å². The molecule has 2 aliphatic heterocycles. The summed E-state index contributed by atoms with van der Waals surface area (Å²) >= 11 is 1.57. The Bertz CT molecular complexity index is 606. The van der Waals surface area contributed by atoms with Crippen LogP contribution in [-0.2, 0) is 10.0 Å². The van der Waals surface area contributed by atoms with Gasteiger partial charge in [0.1, 0.15) is 0 Å². The fourth-order valence-corrected chi connectivity index (χ4v) is 6.63. The molecule has 0 aromatic carbocycles. The van der Waals surface area contributed by atoms with Gasteiger partial charge >= 0.3 is 0 Å². The van der Waals surface area contributed by atoms with Crippen molar-refractivity contribution >= 4 is 33.8 Å². The smallest absolute Gasteiger partial charge is 0.244 e. The topological polar surface area (TPSA) is 49.4 Å². The van der Waals surface area contributed by atoms with Crippen molar-refractivity contribution in [1.82, 2.24) is 9.62 Å². The van der Waals surface area contributed by atoms with E-state index in [1.54, 1.807) is 15.6 Å². The summed E-state index contributed by atoms with van der Waals surface area (Å²) in [7, 11) is -3.32. The average Bonchev–Trinajstić information content (AvgIpc) is 2.97. The zero-order valence-electron chi connectivity index (χ0n) is 12.5. The molecule has 2 fully saturated rings. The predicted octanol–water partition coefficient (Wildman–Crippen LogP) is 2.55. The Morgan fingerprint density at radius 3 is 2.67 bits per heavy atom. The van der Waals surface area contributed by atoms with E-state index in [9.17, 15) is 8.42 Å². The molecule has 3 rings (SSSR count). The Balaban J connectivity index is 0.00000161. The van der Waals surface area contributed by atoms with Crippen LogP contribution in [0.5, 0.6) is 0 Å². The molecule has 0 aliphatic carbocycles. The van der Waals surface area contributed by atoms with E-state index in [1.165, 1.54) is 0 Å². The van der Waals surface area contributed by atoms with Crippen molar-refractivity contribution in [3.05, 3.63) is 15.8 Å². The second-order valence-corrected chi connectivity index (χ2v) is 9.51. The molecular weight excluding hydrogens is 328 g/mol. The van der Waals surface area contributed by atoms with Crippen LogP contribution in [0.4, 0.5) is 0 Å². The summed E-state index contributed by atoms with van der Waals surface area (Å²) in [4.78, 5) is 2.49. The maximum absolute atomic E-state index is 12.9. The summed E-state index contributed by atoms with van der Waals surface area (Å²) in [5, 5.41) is 3.39. The van der Waals surface area contributed by atoms with Crippen LogP contribution in [0.25, 0.3) is 0 Å². The van der Waals surface area contributed by atoms with Gasteiger partial charge in [-0.15, -0.1) is 23.7 Å². The average molecular weight is 351 g/mol. The van der Waals surface area contributed by atoms with Gasteiger partial charge in [-0.1, -0.05) is 0 Å². The van der Waals surface area contributed by atoms with Gasteiger partial charge < -0.3 is 5.32 Å². The molecule has 2 saturated heterocycles. The maximum atomic E-state index is 12.9. The van der Waals surface area contributed by atoms with Crippen LogP contribution < -0.4 is 5.32 Å². The summed E-state index contributed by atoms with van der Waals surface area (Å²) in [6.07, 6.45) is 3.22. The third-order valence-electron chi connectivity index (χ3n) is 4.57. The van der Waals surface area contributed by atoms with E-state index in [0.29, 0.717) is 18.0 Å². The lowest BCUT2D eigenvalue weighted by Gasteiger charge is -2.39. The molecule has 120 valence electrons. The van der Waals surface area contributed by atoms with Crippen LogP contribution in [0.1, 0.15) is 29.0 Å². The number of hydrogen-bond acceptors (Lipinski definition) is 4. The third kappa shape index (κ3) is 3.15. The Labute approximate surface area is 137 Å². The van der Waals surface area contributed by atoms with Gasteiger partial charge in [0.15, 0.2) is 0 Å². The molecule has 2 aliphatic rings. The molecule has 4 nitrogen and oxygen atoms in total. The SMILES string of the molecule is Cc1cc(S(=O)(=O)N2CCCC3(CCNC3)C2)c(C)s1.Cl. The predicted molar refractivity (Wildman–Crippen MR) is 89.0 cm³/mol. The number of piperidine rings is 1. The number of halogens is 1. The number of thiophene rings is 1. The van der Waals surface area contributed by atoms with Gasteiger partial charge in [-0.05, 0) is 51.1 Å². The highest BCUT2D eigenvalue weighted by Gasteiger charge is 2.42. The first-order valence-electron chi connectivity index (χ1n) is 7.21. The molecule has 1 N–H and O–H groups in total. The van der Waals surface area contributed by atoms with Gasteiger partial charge in [-0.25, -0.2) is 8.42 Å². The standard InChI is InChI=1S/C14H22N2O2S2.ClH/c1-11-8-13(12(2)19-11)20(17,18)16-7-3-4-14(10-16)5-6-15-9-14;/h8,15H,3-7,9-10H2,1-2H3;1H. The number of rotatable bonds is 2. The second-order valence-electron chi connectivity index (χ2n) is 6.15. The van der Waals surface area contributed by atoms with Gasteiger partial charge in [0.05, 0.1) is 4.90 Å². The largest absolute Gasteiger partial charge is 0.316 e. The van der Waals surface area contributed by atoms with E-state index in [-0.39, 0.29) is 17.8 Å². The minimum atomic E-state index is -3.32. The van der Waals surface area contributed by atoms with Crippen LogP contribution in [0.15, 0.2) is 11.0 Å². The first-order chi connectivity index (χ1) is 9.43. The first kappa shape index (κ1) is 17.2. The van der Waals surface area contributed by atoms with Crippen LogP contribution in [0.2, 0.25) is 0 Å². The van der Waals surface area contributed by atoms with E-state index in [0.717, 1.165) is 42.1 Å². The Morgan fingerprint density at radius 1 is 1.33 bits per heavy atom. The Morgan fingerprint density at radius 2 is 2.10 bits per heavy atom. The molecule has 7 heteroatoms. The van der Waals surface area contributed by atoms with E-state index >= 15 is 0 Å². The molecule has 0 amide bonds. The molecule has 0 bridgehead atoms. The zero-order chi connectivity index (χ0) is 14.4. The van der Waals surface area contributed by atoms with Crippen molar-refractivity contribution in [3.63, 3.8) is 0 Å². The summed E-state index contributed by atoms with van der Waals surface area (Å²) in [6.45, 7) is 7.19. The summed E-state index contributed by atoms with van der Waals surface area (Å²) < 4.78 is 27.5.